The van der Waals surface area contributed by atoms with Crippen LogP contribution < -0.4 is 11.0 Å². The van der Waals surface area contributed by atoms with E-state index in [4.69, 9.17) is 0 Å². The van der Waals surface area contributed by atoms with Crippen molar-refractivity contribution in [3.05, 3.63) is 65.2 Å². The Balaban J connectivity index is 1.98. The first-order valence-electron chi connectivity index (χ1n) is 6.67. The molecular formula is C17H21N3. The van der Waals surface area contributed by atoms with Gasteiger partial charge in [-0.05, 0) is 30.2 Å². The molecule has 0 unspecified atom stereocenters. The van der Waals surface area contributed by atoms with E-state index < -0.39 is 0 Å². The Morgan fingerprint density at radius 1 is 0.800 bits per heavy atom. The van der Waals surface area contributed by atoms with E-state index in [9.17, 15) is 0 Å². The van der Waals surface area contributed by atoms with Gasteiger partial charge in [-0.15, -0.1) is 0 Å². The minimum Gasteiger partial charge on any atom is -0.308 e. The van der Waals surface area contributed by atoms with Crippen molar-refractivity contribution in [2.75, 3.05) is 19.5 Å². The maximum absolute atomic E-state index is 3.10. The van der Waals surface area contributed by atoms with E-state index in [1.165, 1.54) is 16.7 Å². The third-order valence-corrected chi connectivity index (χ3v) is 2.88. The zero-order valence-corrected chi connectivity index (χ0v) is 12.2. The zero-order chi connectivity index (χ0) is 14.4. The summed E-state index contributed by atoms with van der Waals surface area (Å²) in [7, 11) is 3.87. The van der Waals surface area contributed by atoms with Gasteiger partial charge < -0.3 is 5.43 Å². The average molecular weight is 267 g/mol. The molecule has 3 heteroatoms. The van der Waals surface area contributed by atoms with Gasteiger partial charge in [-0.25, -0.2) is 5.01 Å². The topological polar surface area (TPSA) is 27.3 Å². The Labute approximate surface area is 120 Å². The maximum Gasteiger partial charge on any atom is 0.0501 e. The minimum atomic E-state index is 1.03. The summed E-state index contributed by atoms with van der Waals surface area (Å²) in [4.78, 5) is 0. The number of hydrogen-bond donors (Lipinski definition) is 2. The highest BCUT2D eigenvalue weighted by Crippen LogP contribution is 2.12. The highest BCUT2D eigenvalue weighted by atomic mass is 15.7. The summed E-state index contributed by atoms with van der Waals surface area (Å²) in [6.45, 7) is 2.10. The Morgan fingerprint density at radius 2 is 1.30 bits per heavy atom. The first-order chi connectivity index (χ1) is 9.63. The fourth-order valence-electron chi connectivity index (χ4n) is 1.72. The van der Waals surface area contributed by atoms with E-state index in [0.717, 1.165) is 5.69 Å². The van der Waals surface area contributed by atoms with Crippen LogP contribution in [-0.2, 0) is 0 Å². The molecule has 0 atom stereocenters. The molecule has 0 aromatic heterocycles. The molecule has 3 nitrogen and oxygen atoms in total. The van der Waals surface area contributed by atoms with Crippen molar-refractivity contribution in [3.63, 3.8) is 0 Å². The van der Waals surface area contributed by atoms with Crippen LogP contribution in [0.3, 0.4) is 0 Å². The molecule has 0 heterocycles. The van der Waals surface area contributed by atoms with Crippen LogP contribution >= 0.6 is 0 Å². The van der Waals surface area contributed by atoms with E-state index in [2.05, 4.69) is 66.4 Å². The van der Waals surface area contributed by atoms with Gasteiger partial charge >= 0.3 is 0 Å². The summed E-state index contributed by atoms with van der Waals surface area (Å²) in [5, 5.41) is 1.85. The van der Waals surface area contributed by atoms with Crippen LogP contribution in [0.4, 0.5) is 5.69 Å². The number of nitrogens with one attached hydrogen (secondary N) is 2. The minimum absolute atomic E-state index is 1.03. The van der Waals surface area contributed by atoms with Crippen molar-refractivity contribution in [3.8, 4) is 0 Å². The summed E-state index contributed by atoms with van der Waals surface area (Å²) in [6.07, 6.45) is 4.24. The molecule has 2 aromatic rings. The molecule has 2 aromatic carbocycles. The van der Waals surface area contributed by atoms with Gasteiger partial charge in [0.05, 0.1) is 5.69 Å². The number of benzene rings is 2. The molecule has 0 aliphatic heterocycles. The summed E-state index contributed by atoms with van der Waals surface area (Å²) in [5.41, 5.74) is 10.8. The monoisotopic (exact) mass is 267 g/mol. The predicted octanol–water partition coefficient (Wildman–Crippen LogP) is 3.56. The number of aryl methyl sites for hydroxylation is 1. The Hall–Kier alpha value is -2.10. The lowest BCUT2D eigenvalue weighted by Crippen LogP contribution is -2.35. The molecule has 0 aliphatic carbocycles. The van der Waals surface area contributed by atoms with Gasteiger partial charge in [0, 0.05) is 14.1 Å². The fraction of sp³-hybridized carbons (Fsp3) is 0.176. The van der Waals surface area contributed by atoms with Crippen LogP contribution in [0, 0.1) is 6.92 Å². The largest absolute Gasteiger partial charge is 0.308 e. The second-order valence-corrected chi connectivity index (χ2v) is 5.00. The first kappa shape index (κ1) is 14.3. The van der Waals surface area contributed by atoms with Crippen molar-refractivity contribution in [1.82, 2.24) is 10.5 Å². The highest BCUT2D eigenvalue weighted by molar-refractivity contribution is 5.70. The van der Waals surface area contributed by atoms with Crippen molar-refractivity contribution < 1.29 is 0 Å². The molecule has 0 amide bonds. The normalized spacial score (nSPS) is 11.2. The second kappa shape index (κ2) is 6.89. The Morgan fingerprint density at radius 3 is 1.80 bits per heavy atom. The molecule has 0 bridgehead atoms. The van der Waals surface area contributed by atoms with Crippen LogP contribution in [-0.4, -0.2) is 19.1 Å². The molecule has 20 heavy (non-hydrogen) atoms. The number of hydrogen-bond acceptors (Lipinski definition) is 3. The molecule has 0 saturated heterocycles. The second-order valence-electron chi connectivity index (χ2n) is 5.00. The SMILES string of the molecule is Cc1ccc(C=Cc2ccc(NNN(C)C)cc2)cc1. The maximum atomic E-state index is 3.10. The van der Waals surface area contributed by atoms with Gasteiger partial charge in [-0.3, -0.25) is 0 Å². The number of anilines is 1. The molecule has 0 fully saturated rings. The van der Waals surface area contributed by atoms with Gasteiger partial charge in [0.1, 0.15) is 0 Å². The quantitative estimate of drug-likeness (QED) is 0.640. The molecule has 2 N–H and O–H groups in total. The van der Waals surface area contributed by atoms with Crippen LogP contribution in [0.1, 0.15) is 16.7 Å². The number of hydrazine groups is 2. The third kappa shape index (κ3) is 4.53. The molecular weight excluding hydrogens is 246 g/mol. The lowest BCUT2D eigenvalue weighted by molar-refractivity contribution is 0.320. The molecule has 104 valence electrons. The number of rotatable bonds is 5. The standard InChI is InChI=1S/C17H21N3/c1-14-4-6-15(7-5-14)8-9-16-10-12-17(13-11-16)18-19-20(2)3/h4-13,18-19H,1-3H3. The first-order valence-corrected chi connectivity index (χ1v) is 6.67. The van der Waals surface area contributed by atoms with Gasteiger partial charge in [0.2, 0.25) is 0 Å². The van der Waals surface area contributed by atoms with Crippen molar-refractivity contribution in [2.45, 2.75) is 6.92 Å². The molecule has 0 saturated carbocycles. The smallest absolute Gasteiger partial charge is 0.0501 e. The molecule has 0 aliphatic rings. The summed E-state index contributed by atoms with van der Waals surface area (Å²) < 4.78 is 0. The summed E-state index contributed by atoms with van der Waals surface area (Å²) in [6, 6.07) is 16.8. The lowest BCUT2D eigenvalue weighted by atomic mass is 10.1. The molecule has 0 spiro atoms. The average Bonchev–Trinajstić information content (AvgIpc) is 2.45. The fourth-order valence-corrected chi connectivity index (χ4v) is 1.72. The Kier molecular flexibility index (Phi) is 4.93. The van der Waals surface area contributed by atoms with Gasteiger partial charge in [-0.1, -0.05) is 54.1 Å². The van der Waals surface area contributed by atoms with E-state index in [-0.39, 0.29) is 0 Å². The summed E-state index contributed by atoms with van der Waals surface area (Å²) in [5.74, 6) is 0. The van der Waals surface area contributed by atoms with Crippen molar-refractivity contribution >= 4 is 17.8 Å². The van der Waals surface area contributed by atoms with Gasteiger partial charge in [-0.2, -0.15) is 5.53 Å². The van der Waals surface area contributed by atoms with E-state index in [1.807, 2.05) is 31.2 Å². The van der Waals surface area contributed by atoms with E-state index in [0.29, 0.717) is 0 Å². The molecule has 2 rings (SSSR count). The van der Waals surface area contributed by atoms with Crippen LogP contribution in [0.15, 0.2) is 48.5 Å². The predicted molar refractivity (Wildman–Crippen MR) is 87.0 cm³/mol. The van der Waals surface area contributed by atoms with Gasteiger partial charge in [0.25, 0.3) is 0 Å². The number of nitrogens with zero attached hydrogens (tertiary/aromatic N) is 1. The van der Waals surface area contributed by atoms with Crippen molar-refractivity contribution in [1.29, 1.82) is 0 Å². The van der Waals surface area contributed by atoms with Gasteiger partial charge in [0.15, 0.2) is 0 Å². The highest BCUT2D eigenvalue weighted by Gasteiger charge is 1.92. The van der Waals surface area contributed by atoms with E-state index >= 15 is 0 Å². The van der Waals surface area contributed by atoms with Crippen LogP contribution in [0.25, 0.3) is 12.2 Å². The lowest BCUT2D eigenvalue weighted by Gasteiger charge is -2.13. The molecule has 0 radical (unpaired) electrons. The summed E-state index contributed by atoms with van der Waals surface area (Å²) >= 11 is 0. The van der Waals surface area contributed by atoms with Crippen LogP contribution in [0.2, 0.25) is 0 Å². The van der Waals surface area contributed by atoms with Crippen LogP contribution in [0.5, 0.6) is 0 Å². The third-order valence-electron chi connectivity index (χ3n) is 2.88. The van der Waals surface area contributed by atoms with Crippen molar-refractivity contribution in [2.24, 2.45) is 0 Å². The van der Waals surface area contributed by atoms with E-state index in [1.54, 1.807) is 0 Å². The zero-order valence-electron chi connectivity index (χ0n) is 12.2. The Bertz CT molecular complexity index is 554.